The molecule has 0 radical (unpaired) electrons. The molecular formula is C22H17ClFN3. The van der Waals surface area contributed by atoms with Crippen molar-refractivity contribution in [2.45, 2.75) is 18.5 Å². The summed E-state index contributed by atoms with van der Waals surface area (Å²) in [6.45, 7) is 0. The van der Waals surface area contributed by atoms with Crippen molar-refractivity contribution in [3.05, 3.63) is 94.8 Å². The maximum Gasteiger partial charge on any atom is 0.204 e. The Kier molecular flexibility index (Phi) is 3.87. The first kappa shape index (κ1) is 16.3. The molecule has 0 saturated carbocycles. The predicted octanol–water partition coefficient (Wildman–Crippen LogP) is 5.98. The topological polar surface area (TPSA) is 29.9 Å². The molecule has 1 aromatic heterocycles. The molecule has 1 N–H and O–H groups in total. The third kappa shape index (κ3) is 2.86. The van der Waals surface area contributed by atoms with E-state index in [0.717, 1.165) is 39.6 Å². The van der Waals surface area contributed by atoms with Crippen molar-refractivity contribution in [1.29, 1.82) is 0 Å². The molecule has 0 fully saturated rings. The van der Waals surface area contributed by atoms with Crippen molar-refractivity contribution < 1.29 is 4.39 Å². The Morgan fingerprint density at radius 2 is 1.63 bits per heavy atom. The van der Waals surface area contributed by atoms with Crippen LogP contribution in [0.5, 0.6) is 0 Å². The second-order valence-electron chi connectivity index (χ2n) is 6.85. The molecule has 5 rings (SSSR count). The second-order valence-corrected chi connectivity index (χ2v) is 7.28. The molecule has 0 spiro atoms. The number of nitrogens with one attached hydrogen (secondary N) is 1. The van der Waals surface area contributed by atoms with Crippen molar-refractivity contribution in [2.24, 2.45) is 0 Å². The van der Waals surface area contributed by atoms with E-state index < -0.39 is 0 Å². The molecule has 0 saturated heterocycles. The molecule has 1 aliphatic heterocycles. The van der Waals surface area contributed by atoms with Crippen molar-refractivity contribution in [2.75, 3.05) is 5.32 Å². The van der Waals surface area contributed by atoms with E-state index >= 15 is 0 Å². The smallest absolute Gasteiger partial charge is 0.204 e. The third-order valence-electron chi connectivity index (χ3n) is 5.20. The summed E-state index contributed by atoms with van der Waals surface area (Å²) in [6, 6.07) is 22.9. The summed E-state index contributed by atoms with van der Waals surface area (Å²) in [7, 11) is 0. The molecule has 1 aliphatic rings. The van der Waals surface area contributed by atoms with Crippen LogP contribution in [0.3, 0.4) is 0 Å². The summed E-state index contributed by atoms with van der Waals surface area (Å²) in [6.07, 6.45) is 0.834. The monoisotopic (exact) mass is 377 g/mol. The Morgan fingerprint density at radius 1 is 0.926 bits per heavy atom. The van der Waals surface area contributed by atoms with E-state index in [1.165, 1.54) is 12.1 Å². The van der Waals surface area contributed by atoms with Crippen LogP contribution in [-0.2, 0) is 0 Å². The predicted molar refractivity (Wildman–Crippen MR) is 107 cm³/mol. The lowest BCUT2D eigenvalue weighted by atomic mass is 9.93. The number of anilines is 1. The van der Waals surface area contributed by atoms with Gasteiger partial charge in [0.05, 0.1) is 23.1 Å². The highest BCUT2D eigenvalue weighted by molar-refractivity contribution is 6.30. The Balaban J connectivity index is 1.65. The highest BCUT2D eigenvalue weighted by Gasteiger charge is 2.30. The van der Waals surface area contributed by atoms with Crippen molar-refractivity contribution in [1.82, 2.24) is 9.55 Å². The lowest BCUT2D eigenvalue weighted by Crippen LogP contribution is -2.27. The lowest BCUT2D eigenvalue weighted by molar-refractivity contribution is 0.476. The van der Waals surface area contributed by atoms with E-state index in [-0.39, 0.29) is 17.9 Å². The van der Waals surface area contributed by atoms with Crippen LogP contribution in [0.15, 0.2) is 72.8 Å². The van der Waals surface area contributed by atoms with E-state index in [1.807, 2.05) is 54.6 Å². The average molecular weight is 378 g/mol. The molecule has 3 nitrogen and oxygen atoms in total. The Hall–Kier alpha value is -2.85. The number of halogens is 2. The van der Waals surface area contributed by atoms with Gasteiger partial charge in [-0.15, -0.1) is 0 Å². The van der Waals surface area contributed by atoms with Gasteiger partial charge in [-0.2, -0.15) is 0 Å². The van der Waals surface area contributed by atoms with Crippen LogP contribution in [0.2, 0.25) is 5.02 Å². The summed E-state index contributed by atoms with van der Waals surface area (Å²) in [5, 5.41) is 4.29. The summed E-state index contributed by atoms with van der Waals surface area (Å²) in [4.78, 5) is 4.79. The highest BCUT2D eigenvalue weighted by atomic mass is 35.5. The zero-order valence-corrected chi connectivity index (χ0v) is 15.2. The van der Waals surface area contributed by atoms with Crippen LogP contribution >= 0.6 is 11.6 Å². The number of nitrogens with zero attached hydrogens (tertiary/aromatic N) is 2. The van der Waals surface area contributed by atoms with Gasteiger partial charge in [0.25, 0.3) is 0 Å². The second kappa shape index (κ2) is 6.39. The molecule has 134 valence electrons. The molecule has 2 heterocycles. The SMILES string of the molecule is Fc1ccc([C@@H]2C[C@H](c3ccc(Cl)cc3)Nc3nc4ccccc4n32)cc1. The number of hydrogen-bond acceptors (Lipinski definition) is 2. The molecule has 5 heteroatoms. The summed E-state index contributed by atoms with van der Waals surface area (Å²) >= 11 is 6.05. The van der Waals surface area contributed by atoms with Crippen molar-refractivity contribution in [3.8, 4) is 0 Å². The molecule has 4 aromatic rings. The average Bonchev–Trinajstić information content (AvgIpc) is 3.07. The highest BCUT2D eigenvalue weighted by Crippen LogP contribution is 2.41. The van der Waals surface area contributed by atoms with Gasteiger partial charge in [0.2, 0.25) is 5.95 Å². The van der Waals surface area contributed by atoms with Crippen LogP contribution in [0.25, 0.3) is 11.0 Å². The first-order valence-corrected chi connectivity index (χ1v) is 9.31. The minimum Gasteiger partial charge on any atom is -0.349 e. The standard InChI is InChI=1S/C22H17ClFN3/c23-16-9-5-14(6-10-16)19-13-21(15-7-11-17(24)12-8-15)27-20-4-2-1-3-18(20)25-22(27)26-19/h1-12,19,21H,13H2,(H,25,26)/t19-,21+/m1/s1. The zero-order valence-electron chi connectivity index (χ0n) is 14.4. The van der Waals surface area contributed by atoms with E-state index in [9.17, 15) is 4.39 Å². The van der Waals surface area contributed by atoms with Gasteiger partial charge >= 0.3 is 0 Å². The Labute approximate surface area is 161 Å². The molecule has 0 amide bonds. The quantitative estimate of drug-likeness (QED) is 0.466. The fourth-order valence-corrected chi connectivity index (χ4v) is 4.02. The number of benzene rings is 3. The summed E-state index contributed by atoms with van der Waals surface area (Å²) in [5.74, 6) is 0.606. The van der Waals surface area contributed by atoms with Gasteiger partial charge in [-0.25, -0.2) is 9.37 Å². The van der Waals surface area contributed by atoms with E-state index in [4.69, 9.17) is 16.6 Å². The first-order chi connectivity index (χ1) is 13.2. The van der Waals surface area contributed by atoms with Gasteiger partial charge in [0.15, 0.2) is 0 Å². The van der Waals surface area contributed by atoms with Crippen molar-refractivity contribution in [3.63, 3.8) is 0 Å². The molecule has 3 aromatic carbocycles. The van der Waals surface area contributed by atoms with Gasteiger partial charge in [-0.05, 0) is 53.9 Å². The minimum absolute atomic E-state index is 0.0647. The van der Waals surface area contributed by atoms with Crippen LogP contribution in [0.1, 0.15) is 29.6 Å². The van der Waals surface area contributed by atoms with E-state index in [2.05, 4.69) is 16.0 Å². The molecule has 0 unspecified atom stereocenters. The summed E-state index contributed by atoms with van der Waals surface area (Å²) in [5.41, 5.74) is 4.25. The van der Waals surface area contributed by atoms with Crippen LogP contribution < -0.4 is 5.32 Å². The van der Waals surface area contributed by atoms with Crippen molar-refractivity contribution >= 4 is 28.6 Å². The number of aromatic nitrogens is 2. The molecule has 0 aliphatic carbocycles. The van der Waals surface area contributed by atoms with Crippen LogP contribution in [0.4, 0.5) is 10.3 Å². The van der Waals surface area contributed by atoms with E-state index in [1.54, 1.807) is 0 Å². The molecule has 27 heavy (non-hydrogen) atoms. The third-order valence-corrected chi connectivity index (χ3v) is 5.45. The molecular weight excluding hydrogens is 361 g/mol. The normalized spacial score (nSPS) is 18.9. The van der Waals surface area contributed by atoms with Crippen LogP contribution in [-0.4, -0.2) is 9.55 Å². The number of para-hydroxylation sites is 2. The Morgan fingerprint density at radius 3 is 2.41 bits per heavy atom. The van der Waals surface area contributed by atoms with E-state index in [0.29, 0.717) is 0 Å². The van der Waals surface area contributed by atoms with Gasteiger partial charge in [-0.1, -0.05) is 48.0 Å². The largest absolute Gasteiger partial charge is 0.349 e. The zero-order chi connectivity index (χ0) is 18.4. The molecule has 0 bridgehead atoms. The summed E-state index contributed by atoms with van der Waals surface area (Å²) < 4.78 is 15.7. The van der Waals surface area contributed by atoms with Gasteiger partial charge in [0.1, 0.15) is 5.82 Å². The number of fused-ring (bicyclic) bond motifs is 3. The first-order valence-electron chi connectivity index (χ1n) is 8.93. The lowest BCUT2D eigenvalue weighted by Gasteiger charge is -2.33. The number of imidazole rings is 1. The van der Waals surface area contributed by atoms with Gasteiger partial charge in [-0.3, -0.25) is 0 Å². The number of hydrogen-bond donors (Lipinski definition) is 1. The van der Waals surface area contributed by atoms with Crippen LogP contribution in [0, 0.1) is 5.82 Å². The fourth-order valence-electron chi connectivity index (χ4n) is 3.89. The maximum absolute atomic E-state index is 13.5. The fraction of sp³-hybridized carbons (Fsp3) is 0.136. The minimum atomic E-state index is -0.224. The van der Waals surface area contributed by atoms with Gasteiger partial charge in [0, 0.05) is 5.02 Å². The maximum atomic E-state index is 13.5. The van der Waals surface area contributed by atoms with Gasteiger partial charge < -0.3 is 9.88 Å². The Bertz CT molecular complexity index is 1100. The number of rotatable bonds is 2. The molecule has 2 atom stereocenters.